The average Bonchev–Trinajstić information content (AvgIpc) is 2.82. The largest absolute Gasteiger partial charge is 0.465 e. The summed E-state index contributed by atoms with van der Waals surface area (Å²) in [6.07, 6.45) is 5.72. The average molecular weight is 333 g/mol. The van der Waals surface area contributed by atoms with Crippen molar-refractivity contribution in [1.29, 1.82) is 0 Å². The molecule has 2 aliphatic heterocycles. The lowest BCUT2D eigenvalue weighted by Crippen LogP contribution is -2.55. The third kappa shape index (κ3) is 2.95. The number of piperidine rings is 2. The lowest BCUT2D eigenvalue weighted by atomic mass is 9.82. The summed E-state index contributed by atoms with van der Waals surface area (Å²) in [5.74, 6) is -0.535. The van der Waals surface area contributed by atoms with Crippen LogP contribution in [0.25, 0.3) is 0 Å². The summed E-state index contributed by atoms with van der Waals surface area (Å²) < 4.78 is 4.81. The minimum absolute atomic E-state index is 0.127. The number of amides is 1. The van der Waals surface area contributed by atoms with Gasteiger partial charge in [-0.3, -0.25) is 4.79 Å². The first-order chi connectivity index (χ1) is 11.4. The van der Waals surface area contributed by atoms with Gasteiger partial charge in [-0.2, -0.15) is 0 Å². The Morgan fingerprint density at radius 1 is 1.21 bits per heavy atom. The van der Waals surface area contributed by atoms with Gasteiger partial charge in [0.05, 0.1) is 12.7 Å². The van der Waals surface area contributed by atoms with Crippen LogP contribution in [-0.2, 0) is 4.74 Å². The summed E-state index contributed by atoms with van der Waals surface area (Å²) in [5, 5.41) is 3.17. The molecule has 1 aromatic rings. The molecule has 3 rings (SSSR count). The van der Waals surface area contributed by atoms with Gasteiger partial charge in [-0.05, 0) is 52.1 Å². The van der Waals surface area contributed by atoms with Gasteiger partial charge in [-0.25, -0.2) is 4.79 Å². The number of H-pyrrole nitrogens is 1. The molecule has 6 nitrogen and oxygen atoms in total. The van der Waals surface area contributed by atoms with Gasteiger partial charge in [0.1, 0.15) is 5.69 Å². The van der Waals surface area contributed by atoms with Crippen LogP contribution in [0.2, 0.25) is 0 Å². The Hall–Kier alpha value is -1.82. The van der Waals surface area contributed by atoms with Gasteiger partial charge in [0.2, 0.25) is 0 Å². The summed E-state index contributed by atoms with van der Waals surface area (Å²) in [5.41, 5.74) is 2.26. The van der Waals surface area contributed by atoms with Crippen LogP contribution < -0.4 is 5.32 Å². The molecule has 0 spiro atoms. The second-order valence-corrected chi connectivity index (χ2v) is 7.16. The highest BCUT2D eigenvalue weighted by molar-refractivity contribution is 6.00. The molecule has 132 valence electrons. The minimum atomic E-state index is -0.408. The van der Waals surface area contributed by atoms with E-state index in [0.717, 1.165) is 12.8 Å². The fourth-order valence-corrected chi connectivity index (χ4v) is 4.38. The number of ether oxygens (including phenoxy) is 1. The van der Waals surface area contributed by atoms with Crippen molar-refractivity contribution in [2.75, 3.05) is 14.2 Å². The predicted molar refractivity (Wildman–Crippen MR) is 91.3 cm³/mol. The number of methoxy groups -OCH3 is 1. The first-order valence-corrected chi connectivity index (χ1v) is 8.72. The molecule has 0 aliphatic carbocycles. The Morgan fingerprint density at radius 3 is 2.42 bits per heavy atom. The smallest absolute Gasteiger partial charge is 0.339 e. The van der Waals surface area contributed by atoms with Crippen LogP contribution in [0.5, 0.6) is 0 Å². The number of fused-ring (bicyclic) bond motifs is 2. The van der Waals surface area contributed by atoms with E-state index in [0.29, 0.717) is 34.6 Å². The molecule has 2 fully saturated rings. The van der Waals surface area contributed by atoms with Crippen LogP contribution in [0.4, 0.5) is 0 Å². The summed E-state index contributed by atoms with van der Waals surface area (Å²) in [6, 6.07) is 1.34. The van der Waals surface area contributed by atoms with Crippen LogP contribution in [0.15, 0.2) is 0 Å². The molecule has 1 aromatic heterocycles. The molecule has 0 aromatic carbocycles. The maximum absolute atomic E-state index is 12.7. The Kier molecular flexibility index (Phi) is 4.67. The molecule has 3 heterocycles. The van der Waals surface area contributed by atoms with Crippen molar-refractivity contribution >= 4 is 11.9 Å². The standard InChI is InChI=1S/C18H27N3O3/c1-10-15(18(23)24-4)11(2)19-16(10)17(22)20-12-8-13-6-5-7-14(9-12)21(13)3/h12-14,19H,5-9H2,1-4H3,(H,20,22). The van der Waals surface area contributed by atoms with E-state index in [1.807, 2.05) is 0 Å². The normalized spacial score (nSPS) is 26.9. The van der Waals surface area contributed by atoms with Gasteiger partial charge in [0, 0.05) is 23.8 Å². The number of aromatic amines is 1. The summed E-state index contributed by atoms with van der Waals surface area (Å²) in [6.45, 7) is 3.57. The van der Waals surface area contributed by atoms with E-state index in [2.05, 4.69) is 22.2 Å². The van der Waals surface area contributed by atoms with Crippen LogP contribution in [0.1, 0.15) is 64.2 Å². The first kappa shape index (κ1) is 17.0. The summed E-state index contributed by atoms with van der Waals surface area (Å²) in [7, 11) is 3.55. The maximum Gasteiger partial charge on any atom is 0.339 e. The van der Waals surface area contributed by atoms with Gasteiger partial charge >= 0.3 is 5.97 Å². The van der Waals surface area contributed by atoms with Crippen molar-refractivity contribution in [3.05, 3.63) is 22.5 Å². The van der Waals surface area contributed by atoms with Crippen LogP contribution in [-0.4, -0.2) is 54.0 Å². The van der Waals surface area contributed by atoms with Crippen LogP contribution in [0, 0.1) is 13.8 Å². The van der Waals surface area contributed by atoms with Crippen molar-refractivity contribution in [1.82, 2.24) is 15.2 Å². The van der Waals surface area contributed by atoms with Crippen LogP contribution in [0.3, 0.4) is 0 Å². The molecule has 0 radical (unpaired) electrons. The number of rotatable bonds is 3. The molecule has 1 amide bonds. The fraction of sp³-hybridized carbons (Fsp3) is 0.667. The van der Waals surface area contributed by atoms with Gasteiger partial charge in [0.15, 0.2) is 0 Å². The zero-order valence-corrected chi connectivity index (χ0v) is 14.9. The molecule has 2 unspecified atom stereocenters. The SMILES string of the molecule is COC(=O)c1c(C)[nH]c(C(=O)NC2CC3CCCC(C2)N3C)c1C. The monoisotopic (exact) mass is 333 g/mol. The van der Waals surface area contributed by atoms with Gasteiger partial charge < -0.3 is 19.9 Å². The van der Waals surface area contributed by atoms with Crippen molar-refractivity contribution in [2.24, 2.45) is 0 Å². The zero-order valence-electron chi connectivity index (χ0n) is 14.9. The third-order valence-corrected chi connectivity index (χ3v) is 5.73. The van der Waals surface area contributed by atoms with Crippen molar-refractivity contribution in [3.63, 3.8) is 0 Å². The molecule has 6 heteroatoms. The molecule has 2 bridgehead atoms. The molecule has 2 aliphatic rings. The van der Waals surface area contributed by atoms with Crippen molar-refractivity contribution < 1.29 is 14.3 Å². The van der Waals surface area contributed by atoms with E-state index in [9.17, 15) is 9.59 Å². The quantitative estimate of drug-likeness (QED) is 0.831. The highest BCUT2D eigenvalue weighted by Crippen LogP contribution is 2.32. The number of aryl methyl sites for hydroxylation is 1. The fourth-order valence-electron chi connectivity index (χ4n) is 4.38. The van der Waals surface area contributed by atoms with Gasteiger partial charge in [-0.15, -0.1) is 0 Å². The van der Waals surface area contributed by atoms with Crippen molar-refractivity contribution in [3.8, 4) is 0 Å². The highest BCUT2D eigenvalue weighted by Gasteiger charge is 2.36. The Balaban J connectivity index is 1.73. The van der Waals surface area contributed by atoms with E-state index >= 15 is 0 Å². The molecule has 2 atom stereocenters. The lowest BCUT2D eigenvalue weighted by Gasteiger charge is -2.47. The third-order valence-electron chi connectivity index (χ3n) is 5.73. The molecular formula is C18H27N3O3. The number of nitrogens with one attached hydrogen (secondary N) is 2. The maximum atomic E-state index is 12.7. The summed E-state index contributed by atoms with van der Waals surface area (Å²) >= 11 is 0. The van der Waals surface area contributed by atoms with E-state index in [1.54, 1.807) is 13.8 Å². The second kappa shape index (κ2) is 6.59. The Bertz CT molecular complexity index is 638. The Labute approximate surface area is 142 Å². The number of carbonyl (C=O) groups is 2. The second-order valence-electron chi connectivity index (χ2n) is 7.16. The number of hydrogen-bond donors (Lipinski definition) is 2. The van der Waals surface area contributed by atoms with E-state index < -0.39 is 5.97 Å². The molecule has 2 saturated heterocycles. The topological polar surface area (TPSA) is 74.4 Å². The first-order valence-electron chi connectivity index (χ1n) is 8.72. The number of esters is 1. The lowest BCUT2D eigenvalue weighted by molar-refractivity contribution is 0.0462. The van der Waals surface area contributed by atoms with Crippen LogP contribution >= 0.6 is 0 Å². The van der Waals surface area contributed by atoms with Crippen molar-refractivity contribution in [2.45, 2.75) is 64.1 Å². The van der Waals surface area contributed by atoms with E-state index in [1.165, 1.54) is 26.4 Å². The molecular weight excluding hydrogens is 306 g/mol. The number of nitrogens with zero attached hydrogens (tertiary/aromatic N) is 1. The van der Waals surface area contributed by atoms with E-state index in [-0.39, 0.29) is 11.9 Å². The molecule has 0 saturated carbocycles. The number of aromatic nitrogens is 1. The summed E-state index contributed by atoms with van der Waals surface area (Å²) in [4.78, 5) is 30.1. The molecule has 24 heavy (non-hydrogen) atoms. The van der Waals surface area contributed by atoms with E-state index in [4.69, 9.17) is 4.74 Å². The predicted octanol–water partition coefficient (Wildman–Crippen LogP) is 2.16. The zero-order chi connectivity index (χ0) is 17.4. The number of carbonyl (C=O) groups excluding carboxylic acids is 2. The molecule has 2 N–H and O–H groups in total. The highest BCUT2D eigenvalue weighted by atomic mass is 16.5. The number of hydrogen-bond acceptors (Lipinski definition) is 4. The minimum Gasteiger partial charge on any atom is -0.465 e. The Morgan fingerprint density at radius 2 is 1.83 bits per heavy atom. The van der Waals surface area contributed by atoms with Gasteiger partial charge in [0.25, 0.3) is 5.91 Å². The van der Waals surface area contributed by atoms with Gasteiger partial charge in [-0.1, -0.05) is 6.42 Å².